The fourth-order valence-electron chi connectivity index (χ4n) is 3.25. The zero-order valence-electron chi connectivity index (χ0n) is 13.9. The Morgan fingerprint density at radius 1 is 1.24 bits per heavy atom. The normalized spacial score (nSPS) is 17.3. The summed E-state index contributed by atoms with van der Waals surface area (Å²) in [5.74, 6) is 0. The number of anilines is 1. The number of amides is 2. The van der Waals surface area contributed by atoms with Gasteiger partial charge in [0.1, 0.15) is 0 Å². The third-order valence-electron chi connectivity index (χ3n) is 4.43. The number of aromatic nitrogens is 1. The van der Waals surface area contributed by atoms with Crippen molar-refractivity contribution in [1.29, 1.82) is 0 Å². The number of carbonyl (C=O) groups excluding carboxylic acids is 1. The number of hydrogen-bond acceptors (Lipinski definition) is 1. The maximum Gasteiger partial charge on any atom is 0.416 e. The van der Waals surface area contributed by atoms with E-state index in [2.05, 4.69) is 9.88 Å². The Hall–Kier alpha value is -2.44. The van der Waals surface area contributed by atoms with Crippen molar-refractivity contribution < 1.29 is 18.0 Å². The van der Waals surface area contributed by atoms with E-state index >= 15 is 0 Å². The van der Waals surface area contributed by atoms with E-state index in [0.717, 1.165) is 30.7 Å². The summed E-state index contributed by atoms with van der Waals surface area (Å²) in [6.45, 7) is 3.25. The summed E-state index contributed by atoms with van der Waals surface area (Å²) >= 11 is 0. The Labute approximate surface area is 144 Å². The molecule has 1 aromatic heterocycles. The lowest BCUT2D eigenvalue weighted by Gasteiger charge is -2.37. The van der Waals surface area contributed by atoms with Crippen LogP contribution in [0.4, 0.5) is 23.7 Å². The van der Waals surface area contributed by atoms with Gasteiger partial charge >= 0.3 is 12.2 Å². The number of nitrogens with zero attached hydrogens (tertiary/aromatic N) is 2. The molecule has 134 valence electrons. The summed E-state index contributed by atoms with van der Waals surface area (Å²) in [4.78, 5) is 14.4. The van der Waals surface area contributed by atoms with Crippen LogP contribution in [-0.2, 0) is 12.7 Å². The molecule has 7 heteroatoms. The zero-order valence-corrected chi connectivity index (χ0v) is 13.9. The van der Waals surface area contributed by atoms with Gasteiger partial charge in [-0.15, -0.1) is 0 Å². The fourth-order valence-corrected chi connectivity index (χ4v) is 3.25. The molecule has 2 aromatic rings. The molecule has 0 spiro atoms. The number of nitrogens with one attached hydrogen (secondary N) is 1. The number of carbonyl (C=O) groups is 1. The lowest BCUT2D eigenvalue weighted by molar-refractivity contribution is -0.137. The molecule has 1 N–H and O–H groups in total. The second kappa shape index (κ2) is 6.82. The number of rotatable bonds is 3. The van der Waals surface area contributed by atoms with Crippen molar-refractivity contribution in [2.24, 2.45) is 0 Å². The highest BCUT2D eigenvalue weighted by Gasteiger charge is 2.32. The second-order valence-corrected chi connectivity index (χ2v) is 6.13. The van der Waals surface area contributed by atoms with Crippen molar-refractivity contribution in [3.05, 3.63) is 53.9 Å². The molecule has 3 rings (SSSR count). The average Bonchev–Trinajstić information content (AvgIpc) is 3.04. The highest BCUT2D eigenvalue weighted by Crippen LogP contribution is 2.32. The highest BCUT2D eigenvalue weighted by atomic mass is 19.4. The number of hydrogen-bond donors (Lipinski definition) is 1. The van der Waals surface area contributed by atoms with Gasteiger partial charge in [0.15, 0.2) is 0 Å². The summed E-state index contributed by atoms with van der Waals surface area (Å²) in [6.07, 6.45) is -0.735. The van der Waals surface area contributed by atoms with Crippen molar-refractivity contribution in [2.75, 3.05) is 11.9 Å². The van der Waals surface area contributed by atoms with Crippen molar-refractivity contribution in [3.63, 3.8) is 0 Å². The first kappa shape index (κ1) is 17.4. The largest absolute Gasteiger partial charge is 0.416 e. The molecule has 1 aromatic carbocycles. The van der Waals surface area contributed by atoms with Crippen molar-refractivity contribution >= 4 is 11.7 Å². The van der Waals surface area contributed by atoms with Crippen molar-refractivity contribution in [3.8, 4) is 0 Å². The molecule has 0 saturated heterocycles. The van der Waals surface area contributed by atoms with Crippen LogP contribution in [0.5, 0.6) is 0 Å². The van der Waals surface area contributed by atoms with Crippen LogP contribution in [0.25, 0.3) is 0 Å². The molecule has 0 radical (unpaired) electrons. The van der Waals surface area contributed by atoms with Gasteiger partial charge in [-0.3, -0.25) is 0 Å². The van der Waals surface area contributed by atoms with E-state index in [9.17, 15) is 18.0 Å². The van der Waals surface area contributed by atoms with Crippen LogP contribution in [0.1, 0.15) is 37.1 Å². The van der Waals surface area contributed by atoms with Gasteiger partial charge in [0.05, 0.1) is 11.6 Å². The van der Waals surface area contributed by atoms with E-state index in [0.29, 0.717) is 13.1 Å². The minimum Gasteiger partial charge on any atom is -0.348 e. The molecule has 0 bridgehead atoms. The molecular formula is C18H20F3N3O. The molecule has 0 aliphatic carbocycles. The molecule has 1 unspecified atom stereocenters. The fraction of sp³-hybridized carbons (Fsp3) is 0.389. The summed E-state index contributed by atoms with van der Waals surface area (Å²) < 4.78 is 40.6. The van der Waals surface area contributed by atoms with Crippen molar-refractivity contribution in [2.45, 2.75) is 38.5 Å². The minimum atomic E-state index is -4.43. The van der Waals surface area contributed by atoms with E-state index in [1.807, 2.05) is 25.3 Å². The molecule has 25 heavy (non-hydrogen) atoms. The Morgan fingerprint density at radius 2 is 2.04 bits per heavy atom. The van der Waals surface area contributed by atoms with E-state index in [4.69, 9.17) is 0 Å². The molecular weight excluding hydrogens is 331 g/mol. The van der Waals surface area contributed by atoms with Gasteiger partial charge in [-0.2, -0.15) is 13.2 Å². The first-order valence-electron chi connectivity index (χ1n) is 8.30. The quantitative estimate of drug-likeness (QED) is 0.839. The molecule has 4 nitrogen and oxygen atoms in total. The van der Waals surface area contributed by atoms with E-state index in [1.54, 1.807) is 4.90 Å². The lowest BCUT2D eigenvalue weighted by atomic mass is 10.0. The molecule has 0 fully saturated rings. The number of benzene rings is 1. The Kier molecular flexibility index (Phi) is 4.74. The first-order chi connectivity index (χ1) is 11.9. The topological polar surface area (TPSA) is 37.3 Å². The maximum atomic E-state index is 12.8. The monoisotopic (exact) mass is 351 g/mol. The van der Waals surface area contributed by atoms with E-state index in [1.165, 1.54) is 12.1 Å². The summed E-state index contributed by atoms with van der Waals surface area (Å²) in [7, 11) is 0. The summed E-state index contributed by atoms with van der Waals surface area (Å²) in [5.41, 5.74) is 0.436. The maximum absolute atomic E-state index is 12.8. The van der Waals surface area contributed by atoms with Gasteiger partial charge in [0.2, 0.25) is 0 Å². The van der Waals surface area contributed by atoms with E-state index in [-0.39, 0.29) is 17.8 Å². The molecule has 2 amide bonds. The van der Waals surface area contributed by atoms with Gasteiger partial charge in [0, 0.05) is 30.7 Å². The third-order valence-corrected chi connectivity index (χ3v) is 4.43. The van der Waals surface area contributed by atoms with Gasteiger partial charge in [-0.1, -0.05) is 19.4 Å². The van der Waals surface area contributed by atoms with Gasteiger partial charge in [-0.05, 0) is 36.8 Å². The second-order valence-electron chi connectivity index (χ2n) is 6.13. The Balaban J connectivity index is 1.79. The third kappa shape index (κ3) is 3.65. The van der Waals surface area contributed by atoms with E-state index < -0.39 is 11.7 Å². The van der Waals surface area contributed by atoms with Crippen LogP contribution in [0.15, 0.2) is 42.6 Å². The summed E-state index contributed by atoms with van der Waals surface area (Å²) in [6, 6.07) is 8.21. The molecule has 1 aliphatic rings. The lowest BCUT2D eigenvalue weighted by Crippen LogP contribution is -2.44. The van der Waals surface area contributed by atoms with Crippen LogP contribution in [0, 0.1) is 0 Å². The predicted molar refractivity (Wildman–Crippen MR) is 89.2 cm³/mol. The number of fused-ring (bicyclic) bond motifs is 1. The van der Waals surface area contributed by atoms with Crippen LogP contribution in [0.3, 0.4) is 0 Å². The van der Waals surface area contributed by atoms with Gasteiger partial charge in [-0.25, -0.2) is 4.79 Å². The number of halogens is 3. The first-order valence-corrected chi connectivity index (χ1v) is 8.30. The van der Waals surface area contributed by atoms with Crippen molar-refractivity contribution in [1.82, 2.24) is 9.47 Å². The van der Waals surface area contributed by atoms with Crippen LogP contribution < -0.4 is 5.32 Å². The Bertz CT molecular complexity index is 754. The van der Waals surface area contributed by atoms with Gasteiger partial charge < -0.3 is 14.8 Å². The van der Waals surface area contributed by atoms with Crippen LogP contribution in [-0.4, -0.2) is 22.0 Å². The highest BCUT2D eigenvalue weighted by molar-refractivity contribution is 5.89. The predicted octanol–water partition coefficient (Wildman–Crippen LogP) is 4.90. The molecule has 0 saturated carbocycles. The standard InChI is InChI=1S/C18H20F3N3O/c1-2-5-16-15-8-4-9-23(15)10-11-24(16)17(25)22-14-7-3-6-13(12-14)18(19,20)21/h3-4,6-9,12,16H,2,5,10-11H2,1H3,(H,22,25). The van der Waals surface area contributed by atoms with Crippen LogP contribution in [0.2, 0.25) is 0 Å². The zero-order chi connectivity index (χ0) is 18.0. The Morgan fingerprint density at radius 3 is 2.76 bits per heavy atom. The molecule has 1 aliphatic heterocycles. The minimum absolute atomic E-state index is 0.0699. The average molecular weight is 351 g/mol. The number of urea groups is 1. The summed E-state index contributed by atoms with van der Waals surface area (Å²) in [5, 5.41) is 2.61. The molecule has 1 atom stereocenters. The smallest absolute Gasteiger partial charge is 0.348 e. The molecule has 2 heterocycles. The number of alkyl halides is 3. The SMILES string of the molecule is CCCC1c2cccn2CCN1C(=O)Nc1cccc(C(F)(F)F)c1. The van der Waals surface area contributed by atoms with Crippen LogP contribution >= 0.6 is 0 Å². The van der Waals surface area contributed by atoms with Gasteiger partial charge in [0.25, 0.3) is 0 Å².